The second-order valence-electron chi connectivity index (χ2n) is 10.2. The van der Waals surface area contributed by atoms with E-state index in [1.165, 1.54) is 12.1 Å². The number of carbonyl (C=O) groups excluding carboxylic acids is 1. The van der Waals surface area contributed by atoms with Crippen LogP contribution in [0.15, 0.2) is 42.7 Å². The number of alkyl halides is 6. The van der Waals surface area contributed by atoms with Gasteiger partial charge in [0.15, 0.2) is 11.6 Å². The zero-order valence-corrected chi connectivity index (χ0v) is 23.2. The molecule has 0 saturated carbocycles. The number of likely N-dealkylation sites (tertiary alicyclic amines) is 2. The van der Waals surface area contributed by atoms with Gasteiger partial charge in [0.25, 0.3) is 0 Å². The highest BCUT2D eigenvalue weighted by atomic mass is 19.4. The molecule has 0 aliphatic carbocycles. The number of aliphatic carboxylic acids is 2. The van der Waals surface area contributed by atoms with Crippen molar-refractivity contribution in [1.29, 1.82) is 0 Å². The SMILES string of the molecule is CN1C[C@@H](COCc2cccnc2)[C@]2(CCN(C(=O)Cc3cccc(F)c3F)C2)C1.O=C(O)C(F)(F)F.O=C(O)C(F)(F)F. The van der Waals surface area contributed by atoms with E-state index in [2.05, 4.69) is 16.9 Å². The van der Waals surface area contributed by atoms with Crippen molar-refractivity contribution in [2.24, 2.45) is 11.3 Å². The minimum absolute atomic E-state index is 0.0141. The van der Waals surface area contributed by atoms with E-state index in [9.17, 15) is 39.9 Å². The van der Waals surface area contributed by atoms with Gasteiger partial charge in [0, 0.05) is 55.5 Å². The van der Waals surface area contributed by atoms with Crippen LogP contribution in [-0.2, 0) is 32.1 Å². The smallest absolute Gasteiger partial charge is 0.475 e. The molecule has 2 N–H and O–H groups in total. The van der Waals surface area contributed by atoms with Crippen molar-refractivity contribution in [2.45, 2.75) is 31.8 Å². The highest BCUT2D eigenvalue weighted by Gasteiger charge is 2.50. The number of hydrogen-bond donors (Lipinski definition) is 2. The van der Waals surface area contributed by atoms with Crippen molar-refractivity contribution in [3.8, 4) is 0 Å². The van der Waals surface area contributed by atoms with Crippen molar-refractivity contribution < 1.29 is 64.5 Å². The number of carbonyl (C=O) groups is 3. The van der Waals surface area contributed by atoms with Crippen molar-refractivity contribution in [2.75, 3.05) is 39.8 Å². The zero-order chi connectivity index (χ0) is 33.3. The van der Waals surface area contributed by atoms with Gasteiger partial charge in [0.2, 0.25) is 5.91 Å². The Kier molecular flexibility index (Phi) is 12.6. The molecule has 0 radical (unpaired) electrons. The van der Waals surface area contributed by atoms with Crippen LogP contribution in [0, 0.1) is 23.0 Å². The number of pyridine rings is 1. The summed E-state index contributed by atoms with van der Waals surface area (Å²) >= 11 is 0. The van der Waals surface area contributed by atoms with Gasteiger partial charge in [-0.15, -0.1) is 0 Å². The number of ether oxygens (including phenoxy) is 1. The van der Waals surface area contributed by atoms with Crippen molar-refractivity contribution in [3.63, 3.8) is 0 Å². The van der Waals surface area contributed by atoms with Gasteiger partial charge in [-0.3, -0.25) is 9.78 Å². The minimum Gasteiger partial charge on any atom is -0.475 e. The average molecular weight is 644 g/mol. The fourth-order valence-corrected chi connectivity index (χ4v) is 4.86. The van der Waals surface area contributed by atoms with Crippen LogP contribution in [-0.4, -0.2) is 95.0 Å². The van der Waals surface area contributed by atoms with Gasteiger partial charge in [-0.1, -0.05) is 18.2 Å². The van der Waals surface area contributed by atoms with Crippen LogP contribution in [0.1, 0.15) is 17.5 Å². The maximum absolute atomic E-state index is 14.0. The Morgan fingerprint density at radius 3 is 2.16 bits per heavy atom. The van der Waals surface area contributed by atoms with Gasteiger partial charge in [-0.25, -0.2) is 18.4 Å². The summed E-state index contributed by atoms with van der Waals surface area (Å²) in [4.78, 5) is 38.8. The number of aromatic nitrogens is 1. The lowest BCUT2D eigenvalue weighted by Gasteiger charge is -2.30. The lowest BCUT2D eigenvalue weighted by atomic mass is 9.77. The molecule has 1 aromatic carbocycles. The monoisotopic (exact) mass is 643 g/mol. The molecule has 17 heteroatoms. The Morgan fingerprint density at radius 1 is 1.00 bits per heavy atom. The summed E-state index contributed by atoms with van der Waals surface area (Å²) < 4.78 is 96.9. The fourth-order valence-electron chi connectivity index (χ4n) is 4.86. The van der Waals surface area contributed by atoms with E-state index in [0.29, 0.717) is 32.2 Å². The molecule has 2 saturated heterocycles. The minimum atomic E-state index is -5.08. The second-order valence-corrected chi connectivity index (χ2v) is 10.2. The number of benzene rings is 1. The molecule has 1 spiro atoms. The van der Waals surface area contributed by atoms with Gasteiger partial charge >= 0.3 is 24.3 Å². The van der Waals surface area contributed by atoms with Crippen molar-refractivity contribution in [3.05, 3.63) is 65.5 Å². The Balaban J connectivity index is 0.000000402. The molecule has 244 valence electrons. The van der Waals surface area contributed by atoms with Crippen LogP contribution in [0.3, 0.4) is 0 Å². The summed E-state index contributed by atoms with van der Waals surface area (Å²) in [5.41, 5.74) is 1.14. The predicted octanol–water partition coefficient (Wildman–Crippen LogP) is 4.17. The third-order valence-electron chi connectivity index (χ3n) is 6.89. The maximum atomic E-state index is 14.0. The Bertz CT molecular complexity index is 1250. The first-order valence-electron chi connectivity index (χ1n) is 12.8. The summed E-state index contributed by atoms with van der Waals surface area (Å²) in [6.07, 6.45) is -5.84. The summed E-state index contributed by atoms with van der Waals surface area (Å²) in [5.74, 6) is -7.19. The molecule has 9 nitrogen and oxygen atoms in total. The number of amides is 1. The molecular weight excluding hydrogens is 614 g/mol. The lowest BCUT2D eigenvalue weighted by Crippen LogP contribution is -2.38. The van der Waals surface area contributed by atoms with Crippen LogP contribution < -0.4 is 0 Å². The van der Waals surface area contributed by atoms with Gasteiger partial charge in [-0.2, -0.15) is 26.3 Å². The van der Waals surface area contributed by atoms with Crippen LogP contribution >= 0.6 is 0 Å². The molecule has 1 aromatic heterocycles. The van der Waals surface area contributed by atoms with Crippen LogP contribution in [0.2, 0.25) is 0 Å². The first-order chi connectivity index (χ1) is 20.4. The Hall–Kier alpha value is -3.86. The number of carboxylic acid groups (broad SMARTS) is 2. The van der Waals surface area contributed by atoms with E-state index >= 15 is 0 Å². The van der Waals surface area contributed by atoms with Gasteiger partial charge in [0.1, 0.15) is 0 Å². The zero-order valence-electron chi connectivity index (χ0n) is 23.2. The van der Waals surface area contributed by atoms with E-state index in [4.69, 9.17) is 24.5 Å². The summed E-state index contributed by atoms with van der Waals surface area (Å²) in [7, 11) is 2.09. The maximum Gasteiger partial charge on any atom is 0.490 e. The molecule has 2 atom stereocenters. The summed E-state index contributed by atoms with van der Waals surface area (Å²) in [6, 6.07) is 7.86. The van der Waals surface area contributed by atoms with Crippen LogP contribution in [0.4, 0.5) is 35.1 Å². The highest BCUT2D eigenvalue weighted by Crippen LogP contribution is 2.43. The van der Waals surface area contributed by atoms with E-state index < -0.39 is 35.9 Å². The van der Waals surface area contributed by atoms with Crippen molar-refractivity contribution >= 4 is 17.8 Å². The highest BCUT2D eigenvalue weighted by molar-refractivity contribution is 5.79. The lowest BCUT2D eigenvalue weighted by molar-refractivity contribution is -0.193. The average Bonchev–Trinajstić information content (AvgIpc) is 3.49. The first-order valence-corrected chi connectivity index (χ1v) is 12.8. The number of carboxylic acids is 2. The van der Waals surface area contributed by atoms with Gasteiger partial charge in [0.05, 0.1) is 19.6 Å². The molecule has 2 aromatic rings. The summed E-state index contributed by atoms with van der Waals surface area (Å²) in [5, 5.41) is 14.2. The third-order valence-corrected chi connectivity index (χ3v) is 6.89. The fraction of sp³-hybridized carbons (Fsp3) is 0.481. The predicted molar refractivity (Wildman–Crippen MR) is 136 cm³/mol. The molecule has 4 rings (SSSR count). The molecular formula is C27H29F8N3O6. The second kappa shape index (κ2) is 15.2. The number of nitrogens with zero attached hydrogens (tertiary/aromatic N) is 3. The molecule has 1 amide bonds. The van der Waals surface area contributed by atoms with E-state index in [0.717, 1.165) is 31.1 Å². The molecule has 2 aliphatic rings. The molecule has 0 bridgehead atoms. The quantitative estimate of drug-likeness (QED) is 0.451. The molecule has 2 fully saturated rings. The molecule has 2 aliphatic heterocycles. The summed E-state index contributed by atoms with van der Waals surface area (Å²) in [6.45, 7) is 4.25. The Morgan fingerprint density at radius 2 is 1.61 bits per heavy atom. The number of rotatable bonds is 6. The van der Waals surface area contributed by atoms with Gasteiger partial charge in [-0.05, 0) is 31.2 Å². The number of hydrogen-bond acceptors (Lipinski definition) is 6. The standard InChI is InChI=1S/C23H27F2N3O2.2C2HF3O2/c1-27-12-19(14-30-13-17-4-3-8-26-11-17)23(15-27)7-9-28(16-23)21(29)10-18-5-2-6-20(24)22(18)25;2*3-2(4,5)1(6)7/h2-6,8,11,19H,7,9-10,12-16H2,1H3;2*(H,6,7)/t19-,23+;;/m0../s1. The van der Waals surface area contributed by atoms with E-state index in [-0.39, 0.29) is 23.3 Å². The normalized spacial score (nSPS) is 20.0. The van der Waals surface area contributed by atoms with Gasteiger partial charge < -0.3 is 24.7 Å². The van der Waals surface area contributed by atoms with Crippen LogP contribution in [0.25, 0.3) is 0 Å². The molecule has 0 unspecified atom stereocenters. The van der Waals surface area contributed by atoms with E-state index in [1.54, 1.807) is 17.3 Å². The number of halogens is 8. The molecule has 3 heterocycles. The topological polar surface area (TPSA) is 120 Å². The van der Waals surface area contributed by atoms with E-state index in [1.807, 2.05) is 12.1 Å². The molecule has 44 heavy (non-hydrogen) atoms. The van der Waals surface area contributed by atoms with Crippen LogP contribution in [0.5, 0.6) is 0 Å². The largest absolute Gasteiger partial charge is 0.490 e. The van der Waals surface area contributed by atoms with Crippen molar-refractivity contribution in [1.82, 2.24) is 14.8 Å². The Labute approximate surface area is 246 Å². The third kappa shape index (κ3) is 10.7. The first kappa shape index (κ1) is 36.3.